The molecule has 1 atom stereocenters. The van der Waals surface area contributed by atoms with Gasteiger partial charge in [0.25, 0.3) is 0 Å². The Bertz CT molecular complexity index is 261. The molecule has 1 aromatic heterocycles. The maximum Gasteiger partial charge on any atom is 0.222 e. The molecule has 1 N–H and O–H groups in total. The van der Waals surface area contributed by atoms with E-state index in [0.29, 0.717) is 12.0 Å². The normalized spacial score (nSPS) is 12.5. The molecule has 0 spiro atoms. The molecule has 0 aliphatic carbocycles. The number of rotatable bonds is 5. The van der Waals surface area contributed by atoms with Gasteiger partial charge in [-0.2, -0.15) is 0 Å². The van der Waals surface area contributed by atoms with Crippen molar-refractivity contribution in [1.29, 1.82) is 0 Å². The van der Waals surface area contributed by atoms with E-state index < -0.39 is 0 Å². The highest BCUT2D eigenvalue weighted by Crippen LogP contribution is 2.09. The van der Waals surface area contributed by atoms with Crippen LogP contribution in [0.3, 0.4) is 0 Å². The van der Waals surface area contributed by atoms with Crippen LogP contribution in [-0.2, 0) is 0 Å². The van der Waals surface area contributed by atoms with Crippen molar-refractivity contribution in [3.8, 4) is 0 Å². The predicted molar refractivity (Wildman–Crippen MR) is 62.3 cm³/mol. The SMILES string of the molecule is CCCCC(C)Nc1ncc(Br)cn1. The standard InChI is InChI=1S/C10H16BrN3/c1-3-4-5-8(2)14-10-12-6-9(11)7-13-10/h6-8H,3-5H2,1-2H3,(H,12,13,14). The van der Waals surface area contributed by atoms with Gasteiger partial charge in [0.2, 0.25) is 5.95 Å². The quantitative estimate of drug-likeness (QED) is 0.881. The van der Waals surface area contributed by atoms with Gasteiger partial charge in [0.1, 0.15) is 0 Å². The molecule has 0 aliphatic heterocycles. The van der Waals surface area contributed by atoms with Crippen LogP contribution in [-0.4, -0.2) is 16.0 Å². The zero-order valence-corrected chi connectivity index (χ0v) is 10.2. The number of halogens is 1. The Balaban J connectivity index is 2.39. The number of anilines is 1. The molecular formula is C10H16BrN3. The van der Waals surface area contributed by atoms with E-state index in [9.17, 15) is 0 Å². The van der Waals surface area contributed by atoms with Gasteiger partial charge in [-0.15, -0.1) is 0 Å². The van der Waals surface area contributed by atoms with Gasteiger partial charge in [-0.1, -0.05) is 19.8 Å². The first kappa shape index (κ1) is 11.4. The Morgan fingerprint density at radius 2 is 2.07 bits per heavy atom. The molecular weight excluding hydrogens is 242 g/mol. The second-order valence-electron chi connectivity index (χ2n) is 3.41. The van der Waals surface area contributed by atoms with Crippen molar-refractivity contribution in [1.82, 2.24) is 9.97 Å². The molecule has 0 aromatic carbocycles. The minimum Gasteiger partial charge on any atom is -0.352 e. The average Bonchev–Trinajstić information content (AvgIpc) is 2.18. The number of hydrogen-bond donors (Lipinski definition) is 1. The Morgan fingerprint density at radius 3 is 2.64 bits per heavy atom. The molecule has 0 amide bonds. The summed E-state index contributed by atoms with van der Waals surface area (Å²) in [4.78, 5) is 8.31. The molecule has 14 heavy (non-hydrogen) atoms. The van der Waals surface area contributed by atoms with Gasteiger partial charge in [-0.3, -0.25) is 0 Å². The summed E-state index contributed by atoms with van der Waals surface area (Å²) < 4.78 is 0.907. The van der Waals surface area contributed by atoms with Crippen molar-refractivity contribution < 1.29 is 0 Å². The lowest BCUT2D eigenvalue weighted by molar-refractivity contribution is 0.640. The van der Waals surface area contributed by atoms with Gasteiger partial charge in [0, 0.05) is 18.4 Å². The molecule has 1 heterocycles. The van der Waals surface area contributed by atoms with Gasteiger partial charge in [0.15, 0.2) is 0 Å². The third-order valence-corrected chi connectivity index (χ3v) is 2.40. The predicted octanol–water partition coefficient (Wildman–Crippen LogP) is 3.23. The van der Waals surface area contributed by atoms with Crippen LogP contribution < -0.4 is 5.32 Å². The molecule has 0 radical (unpaired) electrons. The second kappa shape index (κ2) is 5.96. The van der Waals surface area contributed by atoms with E-state index in [1.165, 1.54) is 12.8 Å². The summed E-state index contributed by atoms with van der Waals surface area (Å²) in [5.41, 5.74) is 0. The highest BCUT2D eigenvalue weighted by atomic mass is 79.9. The maximum absolute atomic E-state index is 4.16. The Labute approximate surface area is 93.5 Å². The van der Waals surface area contributed by atoms with E-state index in [2.05, 4.69) is 45.1 Å². The van der Waals surface area contributed by atoms with Crippen LogP contribution in [0.5, 0.6) is 0 Å². The van der Waals surface area contributed by atoms with Gasteiger partial charge in [-0.05, 0) is 29.3 Å². The fourth-order valence-corrected chi connectivity index (χ4v) is 1.39. The van der Waals surface area contributed by atoms with Crippen molar-refractivity contribution in [3.05, 3.63) is 16.9 Å². The van der Waals surface area contributed by atoms with Crippen LogP contribution in [0.25, 0.3) is 0 Å². The molecule has 0 bridgehead atoms. The van der Waals surface area contributed by atoms with Gasteiger partial charge in [0.05, 0.1) is 4.47 Å². The first-order chi connectivity index (χ1) is 6.72. The lowest BCUT2D eigenvalue weighted by Crippen LogP contribution is -2.16. The molecule has 0 aliphatic rings. The largest absolute Gasteiger partial charge is 0.352 e. The molecule has 4 heteroatoms. The van der Waals surface area contributed by atoms with Crippen LogP contribution in [0.1, 0.15) is 33.1 Å². The first-order valence-corrected chi connectivity index (χ1v) is 5.75. The zero-order valence-electron chi connectivity index (χ0n) is 8.63. The third-order valence-electron chi connectivity index (χ3n) is 1.99. The Hall–Kier alpha value is -0.640. The molecule has 1 aromatic rings. The monoisotopic (exact) mass is 257 g/mol. The second-order valence-corrected chi connectivity index (χ2v) is 4.33. The van der Waals surface area contributed by atoms with Crippen LogP contribution in [0.4, 0.5) is 5.95 Å². The van der Waals surface area contributed by atoms with Crippen molar-refractivity contribution in [2.45, 2.75) is 39.2 Å². The van der Waals surface area contributed by atoms with Gasteiger partial charge >= 0.3 is 0 Å². The first-order valence-electron chi connectivity index (χ1n) is 4.96. The van der Waals surface area contributed by atoms with Gasteiger partial charge < -0.3 is 5.32 Å². The summed E-state index contributed by atoms with van der Waals surface area (Å²) in [5, 5.41) is 3.26. The van der Waals surface area contributed by atoms with Crippen molar-refractivity contribution in [2.75, 3.05) is 5.32 Å². The van der Waals surface area contributed by atoms with Crippen LogP contribution in [0.2, 0.25) is 0 Å². The fraction of sp³-hybridized carbons (Fsp3) is 0.600. The molecule has 3 nitrogen and oxygen atoms in total. The maximum atomic E-state index is 4.16. The summed E-state index contributed by atoms with van der Waals surface area (Å²) in [6.07, 6.45) is 7.14. The van der Waals surface area contributed by atoms with Crippen molar-refractivity contribution in [3.63, 3.8) is 0 Å². The molecule has 0 fully saturated rings. The Morgan fingerprint density at radius 1 is 1.43 bits per heavy atom. The van der Waals surface area contributed by atoms with E-state index in [0.717, 1.165) is 10.9 Å². The molecule has 0 saturated heterocycles. The Kier molecular flexibility index (Phi) is 4.87. The van der Waals surface area contributed by atoms with E-state index in [4.69, 9.17) is 0 Å². The summed E-state index contributed by atoms with van der Waals surface area (Å²) >= 11 is 3.30. The average molecular weight is 258 g/mol. The number of nitrogens with one attached hydrogen (secondary N) is 1. The van der Waals surface area contributed by atoms with E-state index in [-0.39, 0.29) is 0 Å². The van der Waals surface area contributed by atoms with Crippen LogP contribution in [0, 0.1) is 0 Å². The third kappa shape index (κ3) is 4.05. The van der Waals surface area contributed by atoms with E-state index >= 15 is 0 Å². The van der Waals surface area contributed by atoms with E-state index in [1.54, 1.807) is 12.4 Å². The summed E-state index contributed by atoms with van der Waals surface area (Å²) in [7, 11) is 0. The van der Waals surface area contributed by atoms with Gasteiger partial charge in [-0.25, -0.2) is 9.97 Å². The number of nitrogens with zero attached hydrogens (tertiary/aromatic N) is 2. The zero-order chi connectivity index (χ0) is 10.4. The topological polar surface area (TPSA) is 37.8 Å². The summed E-state index contributed by atoms with van der Waals surface area (Å²) in [6.45, 7) is 4.35. The minimum atomic E-state index is 0.441. The molecule has 1 unspecified atom stereocenters. The highest BCUT2D eigenvalue weighted by Gasteiger charge is 2.02. The summed E-state index contributed by atoms with van der Waals surface area (Å²) in [6, 6.07) is 0.441. The van der Waals surface area contributed by atoms with Crippen molar-refractivity contribution >= 4 is 21.9 Å². The number of hydrogen-bond acceptors (Lipinski definition) is 3. The highest BCUT2D eigenvalue weighted by molar-refractivity contribution is 9.10. The van der Waals surface area contributed by atoms with Crippen molar-refractivity contribution in [2.24, 2.45) is 0 Å². The van der Waals surface area contributed by atoms with E-state index in [1.807, 2.05) is 0 Å². The molecule has 1 rings (SSSR count). The minimum absolute atomic E-state index is 0.441. The lowest BCUT2D eigenvalue weighted by Gasteiger charge is -2.12. The molecule has 0 saturated carbocycles. The fourth-order valence-electron chi connectivity index (χ4n) is 1.19. The smallest absolute Gasteiger partial charge is 0.222 e. The summed E-state index contributed by atoms with van der Waals surface area (Å²) in [5.74, 6) is 0.705. The van der Waals surface area contributed by atoms with Crippen LogP contribution in [0.15, 0.2) is 16.9 Å². The van der Waals surface area contributed by atoms with Crippen LogP contribution >= 0.6 is 15.9 Å². The lowest BCUT2D eigenvalue weighted by atomic mass is 10.1. The number of aromatic nitrogens is 2. The number of unbranched alkanes of at least 4 members (excludes halogenated alkanes) is 1. The molecule has 78 valence electrons.